The van der Waals surface area contributed by atoms with Crippen molar-refractivity contribution in [3.05, 3.63) is 72.3 Å². The first-order valence-electron chi connectivity index (χ1n) is 10.1. The van der Waals surface area contributed by atoms with Crippen molar-refractivity contribution in [2.24, 2.45) is 0 Å². The molecule has 1 saturated heterocycles. The Balaban J connectivity index is 1.43. The van der Waals surface area contributed by atoms with Crippen LogP contribution in [0.1, 0.15) is 34.9 Å². The van der Waals surface area contributed by atoms with E-state index >= 15 is 0 Å². The van der Waals surface area contributed by atoms with Gasteiger partial charge in [0.15, 0.2) is 11.5 Å². The summed E-state index contributed by atoms with van der Waals surface area (Å²) in [6.07, 6.45) is 6.59. The summed E-state index contributed by atoms with van der Waals surface area (Å²) in [6.45, 7) is 1.27. The van der Waals surface area contributed by atoms with E-state index in [4.69, 9.17) is 9.15 Å². The van der Waals surface area contributed by atoms with Gasteiger partial charge in [-0.15, -0.1) is 0 Å². The van der Waals surface area contributed by atoms with E-state index in [-0.39, 0.29) is 17.6 Å². The molecular formula is C23H21FN4O3. The SMILES string of the molecule is COc1ccc(F)cc1-c1ccc2nc([C@H]3CCCN(C(=O)c4ccoc4)C3)nn2c1. The Hall–Kier alpha value is -3.68. The minimum absolute atomic E-state index is 0.0392. The predicted molar refractivity (Wildman–Crippen MR) is 112 cm³/mol. The minimum Gasteiger partial charge on any atom is -0.496 e. The molecule has 1 atom stereocenters. The number of pyridine rings is 1. The van der Waals surface area contributed by atoms with Crippen LogP contribution in [-0.2, 0) is 0 Å². The molecule has 8 heteroatoms. The molecule has 0 radical (unpaired) electrons. The number of hydrogen-bond acceptors (Lipinski definition) is 5. The van der Waals surface area contributed by atoms with Gasteiger partial charge in [0.05, 0.1) is 18.9 Å². The Kier molecular flexibility index (Phi) is 4.89. The number of fused-ring (bicyclic) bond motifs is 1. The van der Waals surface area contributed by atoms with Gasteiger partial charge in [-0.25, -0.2) is 13.9 Å². The number of ether oxygens (including phenoxy) is 1. The number of methoxy groups -OCH3 is 1. The van der Waals surface area contributed by atoms with Gasteiger partial charge in [-0.2, -0.15) is 5.10 Å². The van der Waals surface area contributed by atoms with Gasteiger partial charge in [-0.05, 0) is 49.2 Å². The van der Waals surface area contributed by atoms with Crippen molar-refractivity contribution in [3.63, 3.8) is 0 Å². The van der Waals surface area contributed by atoms with Crippen LogP contribution in [-0.4, -0.2) is 45.6 Å². The number of hydrogen-bond donors (Lipinski definition) is 0. The Morgan fingerprint density at radius 1 is 1.26 bits per heavy atom. The van der Waals surface area contributed by atoms with E-state index in [1.807, 2.05) is 23.2 Å². The molecule has 4 heterocycles. The number of benzene rings is 1. The first-order valence-corrected chi connectivity index (χ1v) is 10.1. The standard InChI is InChI=1S/C23H21FN4O3/c1-30-20-6-5-18(24)11-19(20)15-4-7-21-25-22(26-28(21)13-15)16-3-2-9-27(12-16)23(29)17-8-10-31-14-17/h4-8,10-11,13-14,16H,2-3,9,12H2,1H3/t16-/m0/s1. The molecule has 0 bridgehead atoms. The zero-order valence-corrected chi connectivity index (χ0v) is 17.0. The van der Waals surface area contributed by atoms with E-state index in [1.54, 1.807) is 23.8 Å². The van der Waals surface area contributed by atoms with Gasteiger partial charge in [0, 0.05) is 36.3 Å². The highest BCUT2D eigenvalue weighted by Gasteiger charge is 2.28. The monoisotopic (exact) mass is 420 g/mol. The van der Waals surface area contributed by atoms with E-state index in [1.165, 1.54) is 24.7 Å². The average Bonchev–Trinajstić information content (AvgIpc) is 3.48. The van der Waals surface area contributed by atoms with Crippen molar-refractivity contribution in [2.45, 2.75) is 18.8 Å². The number of carbonyl (C=O) groups excluding carboxylic acids is 1. The summed E-state index contributed by atoms with van der Waals surface area (Å²) in [4.78, 5) is 19.2. The molecule has 7 nitrogen and oxygen atoms in total. The summed E-state index contributed by atoms with van der Waals surface area (Å²) in [5.74, 6) is 0.967. The van der Waals surface area contributed by atoms with Gasteiger partial charge in [0.25, 0.3) is 5.91 Å². The number of rotatable bonds is 4. The summed E-state index contributed by atoms with van der Waals surface area (Å²) < 4.78 is 25.9. The quantitative estimate of drug-likeness (QED) is 0.496. The number of likely N-dealkylation sites (tertiary alicyclic amines) is 1. The lowest BCUT2D eigenvalue weighted by atomic mass is 9.97. The smallest absolute Gasteiger partial charge is 0.257 e. The summed E-state index contributed by atoms with van der Waals surface area (Å²) in [6, 6.07) is 9.83. The number of piperidine rings is 1. The van der Waals surface area contributed by atoms with Crippen LogP contribution in [0, 0.1) is 5.82 Å². The van der Waals surface area contributed by atoms with Crippen LogP contribution in [0.4, 0.5) is 4.39 Å². The van der Waals surface area contributed by atoms with Gasteiger partial charge in [0.1, 0.15) is 17.8 Å². The van der Waals surface area contributed by atoms with E-state index < -0.39 is 0 Å². The van der Waals surface area contributed by atoms with Crippen LogP contribution in [0.3, 0.4) is 0 Å². The van der Waals surface area contributed by atoms with E-state index in [0.29, 0.717) is 41.4 Å². The van der Waals surface area contributed by atoms with Gasteiger partial charge >= 0.3 is 0 Å². The molecule has 1 aliphatic heterocycles. The average molecular weight is 420 g/mol. The van der Waals surface area contributed by atoms with Crippen LogP contribution in [0.2, 0.25) is 0 Å². The fourth-order valence-corrected chi connectivity index (χ4v) is 4.08. The number of halogens is 1. The number of aromatic nitrogens is 3. The minimum atomic E-state index is -0.334. The number of furan rings is 1. The second kappa shape index (κ2) is 7.86. The lowest BCUT2D eigenvalue weighted by molar-refractivity contribution is 0.0704. The molecule has 0 aliphatic carbocycles. The molecule has 158 valence electrons. The Bertz CT molecular complexity index is 1240. The van der Waals surface area contributed by atoms with Crippen LogP contribution in [0.15, 0.2) is 59.5 Å². The Morgan fingerprint density at radius 3 is 2.97 bits per heavy atom. The maximum Gasteiger partial charge on any atom is 0.257 e. The van der Waals surface area contributed by atoms with Crippen molar-refractivity contribution in [1.82, 2.24) is 19.5 Å². The predicted octanol–water partition coefficient (Wildman–Crippen LogP) is 4.16. The number of nitrogens with zero attached hydrogens (tertiary/aromatic N) is 4. The summed E-state index contributed by atoms with van der Waals surface area (Å²) in [7, 11) is 1.56. The van der Waals surface area contributed by atoms with Crippen molar-refractivity contribution in [2.75, 3.05) is 20.2 Å². The van der Waals surface area contributed by atoms with Gasteiger partial charge in [-0.3, -0.25) is 4.79 Å². The van der Waals surface area contributed by atoms with Crippen molar-refractivity contribution < 1.29 is 18.3 Å². The highest BCUT2D eigenvalue weighted by Crippen LogP contribution is 2.31. The molecule has 0 N–H and O–H groups in total. The van der Waals surface area contributed by atoms with E-state index in [2.05, 4.69) is 10.1 Å². The van der Waals surface area contributed by atoms with Crippen LogP contribution in [0.5, 0.6) is 5.75 Å². The second-order valence-electron chi connectivity index (χ2n) is 7.64. The molecule has 3 aromatic heterocycles. The molecule has 1 aromatic carbocycles. The topological polar surface area (TPSA) is 72.9 Å². The van der Waals surface area contributed by atoms with Crippen LogP contribution >= 0.6 is 0 Å². The lowest BCUT2D eigenvalue weighted by Crippen LogP contribution is -2.39. The third kappa shape index (κ3) is 3.65. The third-order valence-corrected chi connectivity index (χ3v) is 5.66. The maximum atomic E-state index is 13.8. The van der Waals surface area contributed by atoms with Gasteiger partial charge < -0.3 is 14.1 Å². The lowest BCUT2D eigenvalue weighted by Gasteiger charge is -2.31. The molecule has 0 spiro atoms. The third-order valence-electron chi connectivity index (χ3n) is 5.66. The first-order chi connectivity index (χ1) is 15.1. The van der Waals surface area contributed by atoms with Crippen LogP contribution in [0.25, 0.3) is 16.8 Å². The fraction of sp³-hybridized carbons (Fsp3) is 0.261. The summed E-state index contributed by atoms with van der Waals surface area (Å²) in [5.41, 5.74) is 2.68. The highest BCUT2D eigenvalue weighted by molar-refractivity contribution is 5.93. The first kappa shape index (κ1) is 19.3. The van der Waals surface area contributed by atoms with E-state index in [9.17, 15) is 9.18 Å². The Morgan fingerprint density at radius 2 is 2.16 bits per heavy atom. The molecule has 4 aromatic rings. The maximum absolute atomic E-state index is 13.8. The molecular weight excluding hydrogens is 399 g/mol. The zero-order chi connectivity index (χ0) is 21.4. The fourth-order valence-electron chi connectivity index (χ4n) is 4.08. The van der Waals surface area contributed by atoms with Crippen molar-refractivity contribution in [1.29, 1.82) is 0 Å². The molecule has 31 heavy (non-hydrogen) atoms. The van der Waals surface area contributed by atoms with Crippen molar-refractivity contribution >= 4 is 11.6 Å². The Labute approximate surface area is 178 Å². The molecule has 5 rings (SSSR count). The molecule has 1 aliphatic rings. The van der Waals surface area contributed by atoms with Crippen LogP contribution < -0.4 is 4.74 Å². The largest absolute Gasteiger partial charge is 0.496 e. The summed E-state index contributed by atoms with van der Waals surface area (Å²) in [5, 5.41) is 4.67. The second-order valence-corrected chi connectivity index (χ2v) is 7.64. The normalized spacial score (nSPS) is 16.6. The van der Waals surface area contributed by atoms with Gasteiger partial charge in [0.2, 0.25) is 0 Å². The van der Waals surface area contributed by atoms with E-state index in [0.717, 1.165) is 18.4 Å². The van der Waals surface area contributed by atoms with Crippen molar-refractivity contribution in [3.8, 4) is 16.9 Å². The summed E-state index contributed by atoms with van der Waals surface area (Å²) >= 11 is 0. The highest BCUT2D eigenvalue weighted by atomic mass is 19.1. The number of carbonyl (C=O) groups is 1. The molecule has 1 amide bonds. The molecule has 0 unspecified atom stereocenters. The molecule has 0 saturated carbocycles. The molecule has 1 fully saturated rings. The van der Waals surface area contributed by atoms with Gasteiger partial charge in [-0.1, -0.05) is 0 Å². The number of amides is 1. The zero-order valence-electron chi connectivity index (χ0n) is 17.0.